The lowest BCUT2D eigenvalue weighted by molar-refractivity contribution is -0.119. The Kier molecular flexibility index (Phi) is 4.46. The molecule has 2 aromatic rings. The molecule has 0 saturated heterocycles. The van der Waals surface area contributed by atoms with E-state index in [1.54, 1.807) is 0 Å². The Morgan fingerprint density at radius 2 is 1.96 bits per heavy atom. The topological polar surface area (TPSA) is 59.2 Å². The maximum Gasteiger partial charge on any atom is 0.225 e. The van der Waals surface area contributed by atoms with Crippen molar-refractivity contribution in [2.75, 3.05) is 4.90 Å². The standard InChI is InChI=1S/C17H17Cl2N3O/c1-10-6-13(17(20)23)12-4-2-3-5-14(12)22(10)9-11-7-15(18)21-16(19)8-11/h2-5,7-8,10,13H,6,9H2,1H3,(H2,20,23)/t10-,13+/m0/s1. The van der Waals surface area contributed by atoms with Gasteiger partial charge in [-0.15, -0.1) is 0 Å². The Morgan fingerprint density at radius 1 is 1.30 bits per heavy atom. The summed E-state index contributed by atoms with van der Waals surface area (Å²) in [4.78, 5) is 18.0. The number of fused-ring (bicyclic) bond motifs is 1. The molecule has 2 N–H and O–H groups in total. The maximum atomic E-state index is 11.8. The summed E-state index contributed by atoms with van der Waals surface area (Å²) >= 11 is 12.0. The number of benzene rings is 1. The zero-order valence-corrected chi connectivity index (χ0v) is 14.2. The number of hydrogen-bond donors (Lipinski definition) is 1. The largest absolute Gasteiger partial charge is 0.369 e. The Bertz CT molecular complexity index is 730. The number of para-hydroxylation sites is 1. The minimum absolute atomic E-state index is 0.174. The first-order chi connectivity index (χ1) is 11.0. The first-order valence-corrected chi connectivity index (χ1v) is 8.18. The third kappa shape index (κ3) is 3.28. The number of amides is 1. The van der Waals surface area contributed by atoms with Crippen LogP contribution in [0.3, 0.4) is 0 Å². The van der Waals surface area contributed by atoms with Crippen LogP contribution in [-0.4, -0.2) is 16.9 Å². The molecule has 0 saturated carbocycles. The van der Waals surface area contributed by atoms with Crippen LogP contribution in [0.15, 0.2) is 36.4 Å². The molecule has 0 spiro atoms. The van der Waals surface area contributed by atoms with Crippen LogP contribution in [0.25, 0.3) is 0 Å². The second kappa shape index (κ2) is 6.38. The molecule has 4 nitrogen and oxygen atoms in total. The molecule has 23 heavy (non-hydrogen) atoms. The summed E-state index contributed by atoms with van der Waals surface area (Å²) < 4.78 is 0. The van der Waals surface area contributed by atoms with Gasteiger partial charge in [0.1, 0.15) is 10.3 Å². The lowest BCUT2D eigenvalue weighted by Crippen LogP contribution is -2.41. The smallest absolute Gasteiger partial charge is 0.225 e. The molecule has 1 aliphatic heterocycles. The van der Waals surface area contributed by atoms with Crippen LogP contribution >= 0.6 is 23.2 Å². The number of nitrogens with two attached hydrogens (primary N) is 1. The summed E-state index contributed by atoms with van der Waals surface area (Å²) in [5, 5.41) is 0.751. The number of pyridine rings is 1. The van der Waals surface area contributed by atoms with E-state index in [-0.39, 0.29) is 17.9 Å². The molecule has 0 bridgehead atoms. The second-order valence-electron chi connectivity index (χ2n) is 5.85. The number of carbonyl (C=O) groups excluding carboxylic acids is 1. The van der Waals surface area contributed by atoms with Crippen molar-refractivity contribution in [2.24, 2.45) is 5.73 Å². The highest BCUT2D eigenvalue weighted by Crippen LogP contribution is 2.39. The third-order valence-corrected chi connectivity index (χ3v) is 4.64. The average Bonchev–Trinajstić information content (AvgIpc) is 2.48. The number of hydrogen-bond acceptors (Lipinski definition) is 3. The van der Waals surface area contributed by atoms with E-state index in [9.17, 15) is 4.79 Å². The summed E-state index contributed by atoms with van der Waals surface area (Å²) in [6, 6.07) is 11.7. The Morgan fingerprint density at radius 3 is 2.61 bits per heavy atom. The molecule has 120 valence electrons. The van der Waals surface area contributed by atoms with E-state index < -0.39 is 0 Å². The van der Waals surface area contributed by atoms with Crippen molar-refractivity contribution < 1.29 is 4.79 Å². The van der Waals surface area contributed by atoms with Gasteiger partial charge in [-0.3, -0.25) is 4.79 Å². The van der Waals surface area contributed by atoms with Gasteiger partial charge in [0.15, 0.2) is 0 Å². The fourth-order valence-electron chi connectivity index (χ4n) is 3.19. The molecule has 0 fully saturated rings. The number of rotatable bonds is 3. The molecule has 6 heteroatoms. The second-order valence-corrected chi connectivity index (χ2v) is 6.62. The van der Waals surface area contributed by atoms with Gasteiger partial charge in [0.2, 0.25) is 5.91 Å². The Hall–Kier alpha value is -1.78. The van der Waals surface area contributed by atoms with E-state index in [4.69, 9.17) is 28.9 Å². The zero-order chi connectivity index (χ0) is 16.6. The maximum absolute atomic E-state index is 11.8. The predicted molar refractivity (Wildman–Crippen MR) is 92.9 cm³/mol. The van der Waals surface area contributed by atoms with Gasteiger partial charge in [-0.05, 0) is 42.7 Å². The highest BCUT2D eigenvalue weighted by Gasteiger charge is 2.32. The summed E-state index contributed by atoms with van der Waals surface area (Å²) in [6.07, 6.45) is 0.693. The molecule has 1 aromatic heterocycles. The third-order valence-electron chi connectivity index (χ3n) is 4.25. The minimum Gasteiger partial charge on any atom is -0.369 e. The number of halogens is 2. The van der Waals surface area contributed by atoms with Gasteiger partial charge in [0, 0.05) is 18.3 Å². The van der Waals surface area contributed by atoms with E-state index in [0.717, 1.165) is 16.8 Å². The van der Waals surface area contributed by atoms with Gasteiger partial charge in [0.05, 0.1) is 5.92 Å². The number of aromatic nitrogens is 1. The van der Waals surface area contributed by atoms with Crippen molar-refractivity contribution in [1.29, 1.82) is 0 Å². The first-order valence-electron chi connectivity index (χ1n) is 7.42. The van der Waals surface area contributed by atoms with Gasteiger partial charge in [-0.25, -0.2) is 4.98 Å². The molecule has 2 atom stereocenters. The predicted octanol–water partition coefficient (Wildman–Crippen LogP) is 3.76. The molecular weight excluding hydrogens is 333 g/mol. The molecule has 2 heterocycles. The number of primary amides is 1. The zero-order valence-electron chi connectivity index (χ0n) is 12.7. The number of anilines is 1. The molecular formula is C17H17Cl2N3O. The van der Waals surface area contributed by atoms with Crippen molar-refractivity contribution in [3.8, 4) is 0 Å². The molecule has 1 amide bonds. The highest BCUT2D eigenvalue weighted by atomic mass is 35.5. The number of carbonyl (C=O) groups is 1. The fourth-order valence-corrected chi connectivity index (χ4v) is 3.69. The van der Waals surface area contributed by atoms with E-state index >= 15 is 0 Å². The normalized spacial score (nSPS) is 20.2. The van der Waals surface area contributed by atoms with Crippen LogP contribution < -0.4 is 10.6 Å². The van der Waals surface area contributed by atoms with Crippen molar-refractivity contribution in [3.05, 3.63) is 57.8 Å². The van der Waals surface area contributed by atoms with E-state index in [1.165, 1.54) is 0 Å². The van der Waals surface area contributed by atoms with Crippen LogP contribution in [-0.2, 0) is 11.3 Å². The van der Waals surface area contributed by atoms with Gasteiger partial charge < -0.3 is 10.6 Å². The average molecular weight is 350 g/mol. The monoisotopic (exact) mass is 349 g/mol. The van der Waals surface area contributed by atoms with Crippen LogP contribution in [0, 0.1) is 0 Å². The minimum atomic E-state index is -0.279. The summed E-state index contributed by atoms with van der Waals surface area (Å²) in [6.45, 7) is 2.74. The van der Waals surface area contributed by atoms with Crippen molar-refractivity contribution >= 4 is 34.8 Å². The van der Waals surface area contributed by atoms with E-state index in [1.807, 2.05) is 36.4 Å². The number of nitrogens with zero attached hydrogens (tertiary/aromatic N) is 2. The summed E-state index contributed by atoms with van der Waals surface area (Å²) in [5.41, 5.74) is 8.57. The molecule has 0 radical (unpaired) electrons. The van der Waals surface area contributed by atoms with Gasteiger partial charge >= 0.3 is 0 Å². The Balaban J connectivity index is 1.98. The molecule has 1 aromatic carbocycles. The summed E-state index contributed by atoms with van der Waals surface area (Å²) in [5.74, 6) is -0.527. The SMILES string of the molecule is C[C@H]1C[C@@H](C(N)=O)c2ccccc2N1Cc1cc(Cl)nc(Cl)c1. The quantitative estimate of drug-likeness (QED) is 0.858. The van der Waals surface area contributed by atoms with Crippen molar-refractivity contribution in [1.82, 2.24) is 4.98 Å². The lowest BCUT2D eigenvalue weighted by atomic mass is 9.85. The first kappa shape index (κ1) is 16.1. The van der Waals surface area contributed by atoms with Crippen LogP contribution in [0.1, 0.15) is 30.4 Å². The molecule has 0 unspecified atom stereocenters. The molecule has 0 aliphatic carbocycles. The fraction of sp³-hybridized carbons (Fsp3) is 0.294. The summed E-state index contributed by atoms with van der Waals surface area (Å²) in [7, 11) is 0. The van der Waals surface area contributed by atoms with Crippen LogP contribution in [0.4, 0.5) is 5.69 Å². The van der Waals surface area contributed by atoms with E-state index in [2.05, 4.69) is 16.8 Å². The molecule has 3 rings (SSSR count). The van der Waals surface area contributed by atoms with E-state index in [0.29, 0.717) is 23.3 Å². The van der Waals surface area contributed by atoms with Crippen molar-refractivity contribution in [3.63, 3.8) is 0 Å². The van der Waals surface area contributed by atoms with Crippen LogP contribution in [0.2, 0.25) is 10.3 Å². The highest BCUT2D eigenvalue weighted by molar-refractivity contribution is 6.32. The lowest BCUT2D eigenvalue weighted by Gasteiger charge is -2.40. The van der Waals surface area contributed by atoms with Gasteiger partial charge in [-0.1, -0.05) is 41.4 Å². The van der Waals surface area contributed by atoms with Gasteiger partial charge in [-0.2, -0.15) is 0 Å². The Labute approximate surface area is 145 Å². The van der Waals surface area contributed by atoms with Crippen LogP contribution in [0.5, 0.6) is 0 Å². The van der Waals surface area contributed by atoms with Gasteiger partial charge in [0.25, 0.3) is 0 Å². The molecule has 1 aliphatic rings. The van der Waals surface area contributed by atoms with Crippen molar-refractivity contribution in [2.45, 2.75) is 31.8 Å².